The zero-order chi connectivity index (χ0) is 14.0. The van der Waals surface area contributed by atoms with Crippen LogP contribution >= 0.6 is 43.2 Å². The van der Waals surface area contributed by atoms with Gasteiger partial charge in [-0.15, -0.1) is 11.3 Å². The molecule has 19 heavy (non-hydrogen) atoms. The summed E-state index contributed by atoms with van der Waals surface area (Å²) in [6.07, 6.45) is 0. The number of anilines is 1. The number of aromatic carboxylic acids is 1. The first-order valence-corrected chi connectivity index (χ1v) is 7.52. The van der Waals surface area contributed by atoms with Crippen molar-refractivity contribution >= 4 is 60.8 Å². The number of thiophene rings is 1. The molecule has 4 nitrogen and oxygen atoms in total. The summed E-state index contributed by atoms with van der Waals surface area (Å²) in [4.78, 5) is 23.5. The Morgan fingerprint density at radius 2 is 1.95 bits per heavy atom. The summed E-state index contributed by atoms with van der Waals surface area (Å²) in [6, 6.07) is 6.31. The van der Waals surface area contributed by atoms with E-state index in [0.717, 1.165) is 0 Å². The molecule has 1 aromatic heterocycles. The zero-order valence-corrected chi connectivity index (χ0v) is 13.3. The molecule has 7 heteroatoms. The van der Waals surface area contributed by atoms with Gasteiger partial charge in [-0.05, 0) is 45.6 Å². The summed E-state index contributed by atoms with van der Waals surface area (Å²) >= 11 is 7.80. The number of hydrogen-bond donors (Lipinski definition) is 2. The first-order valence-electron chi connectivity index (χ1n) is 5.05. The third-order valence-electron chi connectivity index (χ3n) is 2.23. The van der Waals surface area contributed by atoms with E-state index in [1.807, 2.05) is 0 Å². The molecule has 0 fully saturated rings. The molecule has 0 saturated heterocycles. The molecule has 0 aliphatic carbocycles. The van der Waals surface area contributed by atoms with Crippen molar-refractivity contribution in [3.63, 3.8) is 0 Å². The minimum absolute atomic E-state index is 0.106. The van der Waals surface area contributed by atoms with Crippen LogP contribution in [-0.2, 0) is 0 Å². The number of rotatable bonds is 3. The van der Waals surface area contributed by atoms with E-state index in [9.17, 15) is 9.59 Å². The smallest absolute Gasteiger partial charge is 0.335 e. The summed E-state index contributed by atoms with van der Waals surface area (Å²) < 4.78 is 1.30. The normalized spacial score (nSPS) is 10.2. The van der Waals surface area contributed by atoms with Gasteiger partial charge in [-0.3, -0.25) is 4.79 Å². The van der Waals surface area contributed by atoms with Crippen LogP contribution in [0.1, 0.15) is 20.0 Å². The molecule has 0 unspecified atom stereocenters. The van der Waals surface area contributed by atoms with Gasteiger partial charge in [-0.2, -0.15) is 0 Å². The van der Waals surface area contributed by atoms with Crippen LogP contribution in [0.3, 0.4) is 0 Å². The summed E-state index contributed by atoms with van der Waals surface area (Å²) in [7, 11) is 0. The van der Waals surface area contributed by atoms with Gasteiger partial charge in [0.15, 0.2) is 0 Å². The van der Waals surface area contributed by atoms with Crippen molar-refractivity contribution in [2.24, 2.45) is 0 Å². The first-order chi connectivity index (χ1) is 8.97. The number of hydrogen-bond acceptors (Lipinski definition) is 3. The lowest BCUT2D eigenvalue weighted by Gasteiger charge is -2.06. The van der Waals surface area contributed by atoms with E-state index in [4.69, 9.17) is 5.11 Å². The van der Waals surface area contributed by atoms with Gasteiger partial charge in [0.05, 0.1) is 5.56 Å². The fraction of sp³-hybridized carbons (Fsp3) is 0. The van der Waals surface area contributed by atoms with Crippen LogP contribution in [0.4, 0.5) is 5.69 Å². The first kappa shape index (κ1) is 14.2. The Hall–Kier alpha value is -1.18. The summed E-state index contributed by atoms with van der Waals surface area (Å²) in [5.74, 6) is -1.33. The molecule has 2 aromatic rings. The lowest BCUT2D eigenvalue weighted by molar-refractivity contribution is 0.0696. The Labute approximate surface area is 129 Å². The van der Waals surface area contributed by atoms with Gasteiger partial charge in [0.2, 0.25) is 0 Å². The molecule has 0 spiro atoms. The van der Waals surface area contributed by atoms with E-state index < -0.39 is 5.97 Å². The molecule has 0 radical (unpaired) electrons. The number of carbonyl (C=O) groups excluding carboxylic acids is 1. The number of carboxylic acids is 1. The SMILES string of the molecule is O=C(O)c1cc(Br)cc(NC(=O)c2sccc2Br)c1. The number of carbonyl (C=O) groups is 2. The number of nitrogens with one attached hydrogen (secondary N) is 1. The third-order valence-corrected chi connectivity index (χ3v) is 4.52. The Morgan fingerprint density at radius 1 is 1.21 bits per heavy atom. The van der Waals surface area contributed by atoms with E-state index in [-0.39, 0.29) is 11.5 Å². The summed E-state index contributed by atoms with van der Waals surface area (Å²) in [5, 5.41) is 13.4. The van der Waals surface area contributed by atoms with Crippen LogP contribution in [0, 0.1) is 0 Å². The highest BCUT2D eigenvalue weighted by atomic mass is 79.9. The van der Waals surface area contributed by atoms with Gasteiger partial charge in [0.1, 0.15) is 4.88 Å². The Kier molecular flexibility index (Phi) is 4.38. The summed E-state index contributed by atoms with van der Waals surface area (Å²) in [5.41, 5.74) is 0.534. The fourth-order valence-corrected chi connectivity index (χ4v) is 3.37. The highest BCUT2D eigenvalue weighted by molar-refractivity contribution is 9.10. The molecular weight excluding hydrogens is 398 g/mol. The molecule has 1 heterocycles. The van der Waals surface area contributed by atoms with Crippen molar-refractivity contribution in [2.45, 2.75) is 0 Å². The largest absolute Gasteiger partial charge is 0.478 e. The molecule has 0 bridgehead atoms. The van der Waals surface area contributed by atoms with Gasteiger partial charge in [0, 0.05) is 14.6 Å². The van der Waals surface area contributed by atoms with Crippen LogP contribution in [0.25, 0.3) is 0 Å². The van der Waals surface area contributed by atoms with Crippen molar-refractivity contribution < 1.29 is 14.7 Å². The molecule has 0 aliphatic rings. The van der Waals surface area contributed by atoms with Gasteiger partial charge < -0.3 is 10.4 Å². The van der Waals surface area contributed by atoms with Crippen LogP contribution in [0.2, 0.25) is 0 Å². The minimum Gasteiger partial charge on any atom is -0.478 e. The average Bonchev–Trinajstić information content (AvgIpc) is 2.74. The van der Waals surface area contributed by atoms with E-state index >= 15 is 0 Å². The molecule has 2 rings (SSSR count). The zero-order valence-electron chi connectivity index (χ0n) is 9.31. The average molecular weight is 405 g/mol. The van der Waals surface area contributed by atoms with Crippen LogP contribution in [0.15, 0.2) is 38.6 Å². The van der Waals surface area contributed by atoms with E-state index in [0.29, 0.717) is 19.5 Å². The number of halogens is 2. The second-order valence-corrected chi connectivity index (χ2v) is 6.27. The van der Waals surface area contributed by atoms with Crippen molar-refractivity contribution in [3.8, 4) is 0 Å². The molecule has 0 aliphatic heterocycles. The van der Waals surface area contributed by atoms with Gasteiger partial charge in [-0.25, -0.2) is 4.79 Å². The Bertz CT molecular complexity index is 654. The topological polar surface area (TPSA) is 66.4 Å². The summed E-state index contributed by atoms with van der Waals surface area (Å²) in [6.45, 7) is 0. The van der Waals surface area contributed by atoms with Crippen molar-refractivity contribution in [1.29, 1.82) is 0 Å². The van der Waals surface area contributed by atoms with Gasteiger partial charge >= 0.3 is 5.97 Å². The van der Waals surface area contributed by atoms with Gasteiger partial charge in [0.25, 0.3) is 5.91 Å². The molecule has 0 atom stereocenters. The minimum atomic E-state index is -1.05. The third kappa shape index (κ3) is 3.43. The second-order valence-electron chi connectivity index (χ2n) is 3.59. The van der Waals surface area contributed by atoms with E-state index in [1.165, 1.54) is 23.5 Å². The van der Waals surface area contributed by atoms with Crippen LogP contribution in [0.5, 0.6) is 0 Å². The highest BCUT2D eigenvalue weighted by Crippen LogP contribution is 2.25. The monoisotopic (exact) mass is 403 g/mol. The number of amides is 1. The maximum absolute atomic E-state index is 12.0. The van der Waals surface area contributed by atoms with E-state index in [2.05, 4.69) is 37.2 Å². The maximum Gasteiger partial charge on any atom is 0.335 e. The molecule has 2 N–H and O–H groups in total. The Morgan fingerprint density at radius 3 is 2.53 bits per heavy atom. The standard InChI is InChI=1S/C12H7Br2NO3S/c13-7-3-6(12(17)18)4-8(5-7)15-11(16)10-9(14)1-2-19-10/h1-5H,(H,15,16)(H,17,18). The molecule has 1 aromatic carbocycles. The number of carboxylic acid groups (broad SMARTS) is 1. The molecular formula is C12H7Br2NO3S. The lowest BCUT2D eigenvalue weighted by atomic mass is 10.2. The van der Waals surface area contributed by atoms with Crippen molar-refractivity contribution in [3.05, 3.63) is 49.0 Å². The van der Waals surface area contributed by atoms with Crippen molar-refractivity contribution in [2.75, 3.05) is 5.32 Å². The van der Waals surface area contributed by atoms with E-state index in [1.54, 1.807) is 17.5 Å². The predicted octanol–water partition coefficient (Wildman–Crippen LogP) is 4.22. The molecule has 0 saturated carbocycles. The number of benzene rings is 1. The predicted molar refractivity (Wildman–Crippen MR) is 81.1 cm³/mol. The molecule has 1 amide bonds. The maximum atomic E-state index is 12.0. The highest BCUT2D eigenvalue weighted by Gasteiger charge is 2.13. The van der Waals surface area contributed by atoms with Crippen molar-refractivity contribution in [1.82, 2.24) is 0 Å². The van der Waals surface area contributed by atoms with Crippen LogP contribution in [-0.4, -0.2) is 17.0 Å². The van der Waals surface area contributed by atoms with Crippen LogP contribution < -0.4 is 5.32 Å². The lowest BCUT2D eigenvalue weighted by Crippen LogP contribution is -2.11. The Balaban J connectivity index is 2.26. The fourth-order valence-electron chi connectivity index (χ4n) is 1.43. The quantitative estimate of drug-likeness (QED) is 0.804. The molecule has 98 valence electrons. The second kappa shape index (κ2) is 5.85. The van der Waals surface area contributed by atoms with Gasteiger partial charge in [-0.1, -0.05) is 15.9 Å².